The monoisotopic (exact) mass is 451 g/mol. The molecular formula is C21H22ClNO6S. The van der Waals surface area contributed by atoms with Crippen molar-refractivity contribution in [2.75, 3.05) is 34.5 Å². The quantitative estimate of drug-likeness (QED) is 0.284. The normalized spacial score (nSPS) is 18.1. The Hall–Kier alpha value is -2.55. The fourth-order valence-electron chi connectivity index (χ4n) is 3.42. The van der Waals surface area contributed by atoms with Gasteiger partial charge in [0.2, 0.25) is 0 Å². The molecule has 0 aliphatic carbocycles. The highest BCUT2D eigenvalue weighted by Crippen LogP contribution is 2.44. The van der Waals surface area contributed by atoms with Gasteiger partial charge in [-0.2, -0.15) is 0 Å². The van der Waals surface area contributed by atoms with Crippen LogP contribution in [0.15, 0.2) is 35.2 Å². The Morgan fingerprint density at radius 1 is 1.20 bits per heavy atom. The number of ether oxygens (including phenoxy) is 3. The summed E-state index contributed by atoms with van der Waals surface area (Å²) < 4.78 is 15.6. The number of aliphatic hydroxyl groups is 1. The predicted octanol–water partition coefficient (Wildman–Crippen LogP) is 3.88. The number of thiophene rings is 1. The van der Waals surface area contributed by atoms with Crippen molar-refractivity contribution in [2.24, 2.45) is 0 Å². The van der Waals surface area contributed by atoms with Crippen molar-refractivity contribution in [1.82, 2.24) is 4.90 Å². The summed E-state index contributed by atoms with van der Waals surface area (Å²) in [5, 5.41) is 13.2. The number of benzene rings is 1. The number of likely N-dealkylation sites (tertiary alicyclic amines) is 1. The highest BCUT2D eigenvalue weighted by molar-refractivity contribution is 7.10. The van der Waals surface area contributed by atoms with Crippen LogP contribution in [0.25, 0.3) is 5.76 Å². The van der Waals surface area contributed by atoms with Crippen LogP contribution in [0.3, 0.4) is 0 Å². The first-order valence-corrected chi connectivity index (χ1v) is 10.4. The zero-order valence-corrected chi connectivity index (χ0v) is 18.4. The molecule has 0 spiro atoms. The van der Waals surface area contributed by atoms with E-state index >= 15 is 0 Å². The van der Waals surface area contributed by atoms with Crippen molar-refractivity contribution in [3.05, 3.63) is 50.7 Å². The van der Waals surface area contributed by atoms with Gasteiger partial charge in [0.1, 0.15) is 17.3 Å². The fourth-order valence-corrected chi connectivity index (χ4v) is 4.51. The smallest absolute Gasteiger partial charge is 0.295 e. The molecule has 3 rings (SSSR count). The van der Waals surface area contributed by atoms with Gasteiger partial charge in [-0.1, -0.05) is 17.7 Å². The number of hydrogen-bond acceptors (Lipinski definition) is 7. The number of nitrogens with zero attached hydrogens (tertiary/aromatic N) is 1. The predicted molar refractivity (Wildman–Crippen MR) is 114 cm³/mol. The summed E-state index contributed by atoms with van der Waals surface area (Å²) in [4.78, 5) is 28.0. The topological polar surface area (TPSA) is 85.3 Å². The lowest BCUT2D eigenvalue weighted by Gasteiger charge is -2.24. The molecule has 30 heavy (non-hydrogen) atoms. The maximum absolute atomic E-state index is 12.9. The van der Waals surface area contributed by atoms with Crippen molar-refractivity contribution in [2.45, 2.75) is 12.5 Å². The van der Waals surface area contributed by atoms with Crippen molar-refractivity contribution in [3.63, 3.8) is 0 Å². The van der Waals surface area contributed by atoms with Gasteiger partial charge in [0.05, 0.1) is 36.4 Å². The van der Waals surface area contributed by atoms with Crippen LogP contribution in [0.5, 0.6) is 11.5 Å². The van der Waals surface area contributed by atoms with Crippen molar-refractivity contribution >= 4 is 40.4 Å². The summed E-state index contributed by atoms with van der Waals surface area (Å²) in [6, 6.07) is 5.94. The van der Waals surface area contributed by atoms with Crippen molar-refractivity contribution in [1.29, 1.82) is 0 Å². The molecule has 1 amide bonds. The van der Waals surface area contributed by atoms with E-state index < -0.39 is 17.7 Å². The average molecular weight is 452 g/mol. The van der Waals surface area contributed by atoms with Crippen molar-refractivity contribution in [3.8, 4) is 11.5 Å². The molecule has 1 N–H and O–H groups in total. The van der Waals surface area contributed by atoms with E-state index in [1.807, 2.05) is 17.5 Å². The first-order valence-electron chi connectivity index (χ1n) is 9.17. The molecule has 1 aromatic heterocycles. The molecule has 1 aliphatic rings. The van der Waals surface area contributed by atoms with Crippen LogP contribution in [-0.4, -0.2) is 56.2 Å². The molecule has 1 atom stereocenters. The molecule has 1 fully saturated rings. The summed E-state index contributed by atoms with van der Waals surface area (Å²) in [5.74, 6) is -1.13. The molecule has 9 heteroatoms. The standard InChI is InChI=1S/C21H22ClNO6S/c1-27-8-5-7-23-18(16-6-4-9-30-16)17(20(25)21(23)26)19(24)12-10-13(22)15(29-3)11-14(12)28-2/h4,6,9-11,18,24H,5,7-8H2,1-3H3/b19-17-. The van der Waals surface area contributed by atoms with Gasteiger partial charge in [0, 0.05) is 31.2 Å². The van der Waals surface area contributed by atoms with Crippen LogP contribution in [0.1, 0.15) is 22.9 Å². The molecule has 0 radical (unpaired) electrons. The highest BCUT2D eigenvalue weighted by atomic mass is 35.5. The van der Waals surface area contributed by atoms with Gasteiger partial charge < -0.3 is 24.2 Å². The molecule has 0 saturated carbocycles. The van der Waals surface area contributed by atoms with E-state index in [2.05, 4.69) is 0 Å². The van der Waals surface area contributed by atoms with Crippen LogP contribution >= 0.6 is 22.9 Å². The lowest BCUT2D eigenvalue weighted by molar-refractivity contribution is -0.140. The molecule has 160 valence electrons. The lowest BCUT2D eigenvalue weighted by Crippen LogP contribution is -2.31. The SMILES string of the molecule is COCCCN1C(=O)C(=O)/C(=C(\O)c2cc(Cl)c(OC)cc2OC)C1c1cccs1. The Morgan fingerprint density at radius 3 is 2.53 bits per heavy atom. The Balaban J connectivity index is 2.16. The van der Waals surface area contributed by atoms with Crippen LogP contribution in [0.2, 0.25) is 5.02 Å². The van der Waals surface area contributed by atoms with Gasteiger partial charge in [0.15, 0.2) is 0 Å². The van der Waals surface area contributed by atoms with E-state index in [9.17, 15) is 14.7 Å². The zero-order valence-electron chi connectivity index (χ0n) is 16.8. The number of aliphatic hydroxyl groups excluding tert-OH is 1. The van der Waals surface area contributed by atoms with E-state index in [0.29, 0.717) is 25.3 Å². The van der Waals surface area contributed by atoms with Crippen LogP contribution in [-0.2, 0) is 14.3 Å². The Bertz CT molecular complexity index is 972. The summed E-state index contributed by atoms with van der Waals surface area (Å²) >= 11 is 7.64. The molecule has 1 unspecified atom stereocenters. The van der Waals surface area contributed by atoms with E-state index in [-0.39, 0.29) is 27.7 Å². The first-order chi connectivity index (χ1) is 14.4. The minimum atomic E-state index is -0.752. The number of Topliss-reactive ketones (excluding diaryl/α,β-unsaturated/α-hetero) is 1. The second-order valence-corrected chi connectivity index (χ2v) is 7.93. The number of ketones is 1. The first kappa shape index (κ1) is 22.1. The Morgan fingerprint density at radius 2 is 1.93 bits per heavy atom. The lowest BCUT2D eigenvalue weighted by atomic mass is 9.99. The maximum atomic E-state index is 12.9. The summed E-state index contributed by atoms with van der Waals surface area (Å²) in [6.07, 6.45) is 0.559. The van der Waals surface area contributed by atoms with Crippen LogP contribution in [0.4, 0.5) is 0 Å². The van der Waals surface area contributed by atoms with Crippen LogP contribution in [0, 0.1) is 0 Å². The van der Waals surface area contributed by atoms with Gasteiger partial charge in [-0.25, -0.2) is 0 Å². The van der Waals surface area contributed by atoms with E-state index in [1.165, 1.54) is 42.6 Å². The molecule has 1 aromatic carbocycles. The average Bonchev–Trinajstić information content (AvgIpc) is 3.35. The third kappa shape index (κ3) is 4.03. The van der Waals surface area contributed by atoms with Gasteiger partial charge in [-0.05, 0) is 23.9 Å². The third-order valence-corrected chi connectivity index (χ3v) is 6.05. The number of hydrogen-bond donors (Lipinski definition) is 1. The van der Waals surface area contributed by atoms with Gasteiger partial charge >= 0.3 is 0 Å². The summed E-state index contributed by atoms with van der Waals surface area (Å²) in [5.41, 5.74) is 0.208. The summed E-state index contributed by atoms with van der Waals surface area (Å²) in [7, 11) is 4.46. The van der Waals surface area contributed by atoms with E-state index in [4.69, 9.17) is 25.8 Å². The molecule has 2 heterocycles. The number of methoxy groups -OCH3 is 3. The molecule has 2 aromatic rings. The third-order valence-electron chi connectivity index (χ3n) is 4.83. The molecule has 1 aliphatic heterocycles. The number of carbonyl (C=O) groups excluding carboxylic acids is 2. The number of halogens is 1. The Labute approximate surface area is 183 Å². The second-order valence-electron chi connectivity index (χ2n) is 6.54. The minimum absolute atomic E-state index is 0.000555. The van der Waals surface area contributed by atoms with Gasteiger partial charge in [-0.3, -0.25) is 9.59 Å². The molecular weight excluding hydrogens is 430 g/mol. The fraction of sp³-hybridized carbons (Fsp3) is 0.333. The van der Waals surface area contributed by atoms with Gasteiger partial charge in [-0.15, -0.1) is 11.3 Å². The highest BCUT2D eigenvalue weighted by Gasteiger charge is 2.46. The van der Waals surface area contributed by atoms with E-state index in [0.717, 1.165) is 4.88 Å². The maximum Gasteiger partial charge on any atom is 0.295 e. The molecule has 0 bridgehead atoms. The summed E-state index contributed by atoms with van der Waals surface area (Å²) in [6.45, 7) is 0.764. The van der Waals surface area contributed by atoms with Crippen LogP contribution < -0.4 is 9.47 Å². The van der Waals surface area contributed by atoms with Crippen molar-refractivity contribution < 1.29 is 28.9 Å². The largest absolute Gasteiger partial charge is 0.507 e. The second kappa shape index (κ2) is 9.51. The van der Waals surface area contributed by atoms with Gasteiger partial charge in [0.25, 0.3) is 11.7 Å². The van der Waals surface area contributed by atoms with E-state index in [1.54, 1.807) is 7.11 Å². The Kier molecular flexibility index (Phi) is 7.02. The zero-order chi connectivity index (χ0) is 21.8. The minimum Gasteiger partial charge on any atom is -0.507 e. The number of carbonyl (C=O) groups is 2. The molecule has 1 saturated heterocycles. The number of rotatable bonds is 8. The number of amides is 1. The molecule has 7 nitrogen and oxygen atoms in total.